The van der Waals surface area contributed by atoms with Crippen LogP contribution in [0.15, 0.2) is 47.5 Å². The maximum absolute atomic E-state index is 15.1. The summed E-state index contributed by atoms with van der Waals surface area (Å²) in [6, 6.07) is 10.6. The largest absolute Gasteiger partial charge is 0.367 e. The highest BCUT2D eigenvalue weighted by atomic mass is 32.2. The van der Waals surface area contributed by atoms with Gasteiger partial charge in [-0.05, 0) is 60.3 Å². The third-order valence-electron chi connectivity index (χ3n) is 5.95. The van der Waals surface area contributed by atoms with E-state index >= 15 is 4.39 Å². The normalized spacial score (nSPS) is 18.4. The zero-order valence-corrected chi connectivity index (χ0v) is 18.9. The maximum atomic E-state index is 15.1. The molecular formula is C24H22FN5O2S. The molecule has 0 aliphatic carbocycles. The van der Waals surface area contributed by atoms with Crippen molar-refractivity contribution in [3.63, 3.8) is 0 Å². The third-order valence-corrected chi connectivity index (χ3v) is 6.76. The van der Waals surface area contributed by atoms with E-state index in [-0.39, 0.29) is 10.7 Å². The number of benzene rings is 1. The standard InChI is InChI=1S/C24H22FN5O2S/c1-2-29-9-11-30(12-10-29)20-6-3-15(13-18(20)25)17-7-8-26-19-5-4-16(27-22(17)19)14-21-23(31)28-24(32)33-21/h3-8,13-14H,2,9-12H2,1H3,(H,28,31,32). The summed E-state index contributed by atoms with van der Waals surface area (Å²) in [6.45, 7) is 6.61. The summed E-state index contributed by atoms with van der Waals surface area (Å²) in [5, 5.41) is 1.83. The van der Waals surface area contributed by atoms with Crippen molar-refractivity contribution in [1.82, 2.24) is 20.2 Å². The number of fused-ring (bicyclic) bond motifs is 1. The maximum Gasteiger partial charge on any atom is 0.290 e. The molecule has 0 atom stereocenters. The van der Waals surface area contributed by atoms with Gasteiger partial charge in [0.25, 0.3) is 11.1 Å². The van der Waals surface area contributed by atoms with E-state index in [1.165, 1.54) is 0 Å². The number of piperazine rings is 1. The van der Waals surface area contributed by atoms with Crippen LogP contribution in [0.4, 0.5) is 14.9 Å². The van der Waals surface area contributed by atoms with Crippen molar-refractivity contribution in [3.8, 4) is 11.1 Å². The fourth-order valence-corrected chi connectivity index (χ4v) is 4.81. The van der Waals surface area contributed by atoms with E-state index in [0.29, 0.717) is 28.0 Å². The first-order valence-corrected chi connectivity index (χ1v) is 11.6. The van der Waals surface area contributed by atoms with Gasteiger partial charge in [0.05, 0.1) is 27.3 Å². The lowest BCUT2D eigenvalue weighted by Crippen LogP contribution is -2.46. The molecule has 7 nitrogen and oxygen atoms in total. The number of hydrogen-bond acceptors (Lipinski definition) is 7. The number of hydrogen-bond donors (Lipinski definition) is 1. The second-order valence-electron chi connectivity index (χ2n) is 7.90. The molecule has 2 aliphatic rings. The molecule has 1 N–H and O–H groups in total. The highest BCUT2D eigenvalue weighted by Gasteiger charge is 2.25. The molecule has 2 aliphatic heterocycles. The molecule has 0 saturated carbocycles. The molecule has 0 radical (unpaired) electrons. The van der Waals surface area contributed by atoms with E-state index in [2.05, 4.69) is 32.0 Å². The Kier molecular flexibility index (Phi) is 5.82. The predicted molar refractivity (Wildman–Crippen MR) is 128 cm³/mol. The van der Waals surface area contributed by atoms with Crippen LogP contribution >= 0.6 is 11.8 Å². The topological polar surface area (TPSA) is 78.4 Å². The van der Waals surface area contributed by atoms with Gasteiger partial charge in [-0.15, -0.1) is 0 Å². The zero-order chi connectivity index (χ0) is 22.9. The van der Waals surface area contributed by atoms with Gasteiger partial charge in [0.2, 0.25) is 0 Å². The number of likely N-dealkylation sites (N-methyl/N-ethyl adjacent to an activating group) is 1. The summed E-state index contributed by atoms with van der Waals surface area (Å²) in [4.78, 5) is 37.0. The van der Waals surface area contributed by atoms with Crippen molar-refractivity contribution >= 4 is 45.7 Å². The molecule has 33 heavy (non-hydrogen) atoms. The van der Waals surface area contributed by atoms with Gasteiger partial charge in [0.15, 0.2) is 0 Å². The number of anilines is 1. The lowest BCUT2D eigenvalue weighted by molar-refractivity contribution is -0.115. The molecule has 9 heteroatoms. The number of amides is 2. The Morgan fingerprint density at radius 3 is 2.64 bits per heavy atom. The first kappa shape index (κ1) is 21.5. The predicted octanol–water partition coefficient (Wildman–Crippen LogP) is 3.90. The molecule has 0 spiro atoms. The SMILES string of the molecule is CCN1CCN(c2ccc(-c3ccnc4ccc(C=C5SC(=O)NC5=O)nc34)cc2F)CC1. The number of thioether (sulfide) groups is 1. The van der Waals surface area contributed by atoms with Crippen molar-refractivity contribution in [1.29, 1.82) is 0 Å². The first-order valence-electron chi connectivity index (χ1n) is 10.8. The molecule has 168 valence electrons. The summed E-state index contributed by atoms with van der Waals surface area (Å²) in [6.07, 6.45) is 3.24. The zero-order valence-electron chi connectivity index (χ0n) is 18.0. The number of carbonyl (C=O) groups excluding carboxylic acids is 2. The van der Waals surface area contributed by atoms with E-state index in [4.69, 9.17) is 0 Å². The highest BCUT2D eigenvalue weighted by Crippen LogP contribution is 2.31. The van der Waals surface area contributed by atoms with Crippen LogP contribution in [0.3, 0.4) is 0 Å². The van der Waals surface area contributed by atoms with E-state index < -0.39 is 11.1 Å². The fraction of sp³-hybridized carbons (Fsp3) is 0.250. The van der Waals surface area contributed by atoms with Gasteiger partial charge < -0.3 is 9.80 Å². The molecule has 2 aromatic heterocycles. The Bertz CT molecular complexity index is 1290. The molecule has 0 bridgehead atoms. The molecule has 4 heterocycles. The summed E-state index contributed by atoms with van der Waals surface area (Å²) >= 11 is 0.842. The molecule has 3 aromatic rings. The van der Waals surface area contributed by atoms with E-state index in [1.807, 2.05) is 12.1 Å². The summed E-state index contributed by atoms with van der Waals surface area (Å²) in [5.74, 6) is -0.700. The Hall–Kier alpha value is -3.30. The molecule has 2 amide bonds. The number of halogens is 1. The lowest BCUT2D eigenvalue weighted by Gasteiger charge is -2.35. The first-order chi connectivity index (χ1) is 16.0. The smallest absolute Gasteiger partial charge is 0.290 e. The van der Waals surface area contributed by atoms with Crippen molar-refractivity contribution in [3.05, 3.63) is 59.0 Å². The highest BCUT2D eigenvalue weighted by molar-refractivity contribution is 8.18. The Balaban J connectivity index is 1.48. The van der Waals surface area contributed by atoms with Gasteiger partial charge in [-0.2, -0.15) is 0 Å². The summed E-state index contributed by atoms with van der Waals surface area (Å²) in [5.41, 5.74) is 3.85. The van der Waals surface area contributed by atoms with E-state index in [0.717, 1.165) is 50.0 Å². The minimum Gasteiger partial charge on any atom is -0.367 e. The third kappa shape index (κ3) is 4.34. The molecule has 2 saturated heterocycles. The number of carbonyl (C=O) groups is 2. The average Bonchev–Trinajstić information content (AvgIpc) is 3.15. The number of nitrogens with zero attached hydrogens (tertiary/aromatic N) is 4. The number of rotatable bonds is 4. The minimum atomic E-state index is -0.435. The van der Waals surface area contributed by atoms with Crippen LogP contribution in [-0.2, 0) is 4.79 Å². The van der Waals surface area contributed by atoms with Gasteiger partial charge in [0, 0.05) is 37.9 Å². The fourth-order valence-electron chi connectivity index (χ4n) is 4.14. The van der Waals surface area contributed by atoms with Gasteiger partial charge >= 0.3 is 0 Å². The Morgan fingerprint density at radius 2 is 1.94 bits per heavy atom. The Morgan fingerprint density at radius 1 is 1.12 bits per heavy atom. The van der Waals surface area contributed by atoms with Crippen molar-refractivity contribution in [2.75, 3.05) is 37.6 Å². The molecule has 0 unspecified atom stereocenters. The lowest BCUT2D eigenvalue weighted by atomic mass is 10.0. The van der Waals surface area contributed by atoms with Crippen LogP contribution in [0.2, 0.25) is 0 Å². The number of pyridine rings is 2. The van der Waals surface area contributed by atoms with E-state index in [1.54, 1.807) is 36.5 Å². The van der Waals surface area contributed by atoms with Crippen LogP contribution in [0.1, 0.15) is 12.6 Å². The van der Waals surface area contributed by atoms with Crippen LogP contribution in [0.5, 0.6) is 0 Å². The molecule has 2 fully saturated rings. The number of nitrogens with one attached hydrogen (secondary N) is 1. The number of imide groups is 1. The van der Waals surface area contributed by atoms with Crippen molar-refractivity contribution in [2.45, 2.75) is 6.92 Å². The van der Waals surface area contributed by atoms with Gasteiger partial charge in [-0.3, -0.25) is 19.9 Å². The van der Waals surface area contributed by atoms with Gasteiger partial charge in [0.1, 0.15) is 5.82 Å². The second kappa shape index (κ2) is 8.92. The monoisotopic (exact) mass is 463 g/mol. The van der Waals surface area contributed by atoms with Gasteiger partial charge in [-0.25, -0.2) is 9.37 Å². The Labute approximate surface area is 194 Å². The van der Waals surface area contributed by atoms with Crippen molar-refractivity contribution < 1.29 is 14.0 Å². The van der Waals surface area contributed by atoms with Crippen molar-refractivity contribution in [2.24, 2.45) is 0 Å². The van der Waals surface area contributed by atoms with E-state index in [9.17, 15) is 9.59 Å². The summed E-state index contributed by atoms with van der Waals surface area (Å²) < 4.78 is 15.1. The van der Waals surface area contributed by atoms with Crippen LogP contribution < -0.4 is 10.2 Å². The molecule has 5 rings (SSSR count). The van der Waals surface area contributed by atoms with Crippen LogP contribution in [0.25, 0.3) is 28.2 Å². The van der Waals surface area contributed by atoms with Crippen LogP contribution in [-0.4, -0.2) is 58.7 Å². The molecule has 1 aromatic carbocycles. The second-order valence-corrected chi connectivity index (χ2v) is 8.92. The number of aromatic nitrogens is 2. The van der Waals surface area contributed by atoms with Crippen LogP contribution in [0, 0.1) is 5.82 Å². The summed E-state index contributed by atoms with van der Waals surface area (Å²) in [7, 11) is 0. The molecular weight excluding hydrogens is 441 g/mol. The average molecular weight is 464 g/mol. The minimum absolute atomic E-state index is 0.266. The van der Waals surface area contributed by atoms with Gasteiger partial charge in [-0.1, -0.05) is 13.0 Å². The quantitative estimate of drug-likeness (QED) is 0.588.